The third-order valence-electron chi connectivity index (χ3n) is 2.84. The van der Waals surface area contributed by atoms with Crippen molar-refractivity contribution < 1.29 is 26.9 Å². The molecule has 1 rings (SSSR count). The Kier molecular flexibility index (Phi) is 6.01. The van der Waals surface area contributed by atoms with Gasteiger partial charge in [-0.05, 0) is 37.0 Å². The van der Waals surface area contributed by atoms with E-state index in [1.54, 1.807) is 0 Å². The summed E-state index contributed by atoms with van der Waals surface area (Å²) in [6, 6.07) is 4.61. The minimum atomic E-state index is -4.40. The minimum absolute atomic E-state index is 0.0560. The number of nitrogens with two attached hydrogens (primary N) is 1. The van der Waals surface area contributed by atoms with E-state index < -0.39 is 18.8 Å². The van der Waals surface area contributed by atoms with Crippen molar-refractivity contribution in [2.45, 2.75) is 25.4 Å². The lowest BCUT2D eigenvalue weighted by Gasteiger charge is -2.10. The molecule has 0 saturated carbocycles. The molecule has 0 bridgehead atoms. The van der Waals surface area contributed by atoms with E-state index in [4.69, 9.17) is 14.7 Å². The van der Waals surface area contributed by atoms with Gasteiger partial charge in [0.1, 0.15) is 6.61 Å². The van der Waals surface area contributed by atoms with Crippen molar-refractivity contribution >= 4 is 5.71 Å². The second-order valence-electron chi connectivity index (χ2n) is 4.54. The second-order valence-corrected chi connectivity index (χ2v) is 4.54. The van der Waals surface area contributed by atoms with Gasteiger partial charge in [0, 0.05) is 20.2 Å². The molecule has 0 aliphatic rings. The second kappa shape index (κ2) is 9.42. The summed E-state index contributed by atoms with van der Waals surface area (Å²) >= 11 is 0. The van der Waals surface area contributed by atoms with Gasteiger partial charge in [-0.3, -0.25) is 0 Å². The van der Waals surface area contributed by atoms with E-state index in [1.165, 1.54) is 12.1 Å². The van der Waals surface area contributed by atoms with Crippen molar-refractivity contribution in [3.63, 3.8) is 0 Å². The number of benzene rings is 1. The normalized spacial score (nSPS) is 15.1. The molecule has 0 unspecified atom stereocenters. The van der Waals surface area contributed by atoms with Crippen LogP contribution in [0.25, 0.3) is 0 Å². The van der Waals surface area contributed by atoms with Crippen LogP contribution in [0.15, 0.2) is 29.4 Å². The summed E-state index contributed by atoms with van der Waals surface area (Å²) < 4.78 is 63.3. The summed E-state index contributed by atoms with van der Waals surface area (Å²) in [7, 11) is -2.44. The van der Waals surface area contributed by atoms with Gasteiger partial charge in [0.2, 0.25) is 0 Å². The number of ether oxygens (including phenoxy) is 1. The summed E-state index contributed by atoms with van der Waals surface area (Å²) in [6.45, 7) is 0.503. The maximum absolute atomic E-state index is 12.6. The Morgan fingerprint density at radius 3 is 2.55 bits per heavy atom. The van der Waals surface area contributed by atoms with Crippen LogP contribution in [0.2, 0.25) is 0 Å². The first-order valence-electron chi connectivity index (χ1n) is 8.34. The number of hydrogen-bond donors (Lipinski definition) is 1. The molecule has 0 spiro atoms. The molecule has 0 fully saturated rings. The van der Waals surface area contributed by atoms with Crippen molar-refractivity contribution in [2.75, 3.05) is 26.8 Å². The highest BCUT2D eigenvalue weighted by atomic mass is 19.4. The maximum Gasteiger partial charge on any atom is 0.416 e. The van der Waals surface area contributed by atoms with Crippen LogP contribution in [-0.4, -0.2) is 32.5 Å². The first-order valence-corrected chi connectivity index (χ1v) is 6.84. The zero-order valence-corrected chi connectivity index (χ0v) is 12.0. The van der Waals surface area contributed by atoms with Crippen molar-refractivity contribution in [3.05, 3.63) is 35.4 Å². The average molecular weight is 321 g/mol. The highest BCUT2D eigenvalue weighted by Crippen LogP contribution is 2.29. The number of hydrogen-bond acceptors (Lipinski definition) is 4. The predicted octanol–water partition coefficient (Wildman–Crippen LogP) is 3.20. The van der Waals surface area contributed by atoms with Crippen LogP contribution in [-0.2, 0) is 15.8 Å². The fraction of sp³-hybridized carbons (Fsp3) is 0.533. The van der Waals surface area contributed by atoms with Crippen molar-refractivity contribution in [1.29, 1.82) is 0 Å². The Labute approximate surface area is 132 Å². The van der Waals surface area contributed by atoms with E-state index in [0.29, 0.717) is 30.5 Å². The Morgan fingerprint density at radius 2 is 1.95 bits per heavy atom. The third kappa shape index (κ3) is 6.44. The van der Waals surface area contributed by atoms with Crippen LogP contribution >= 0.6 is 0 Å². The summed E-state index contributed by atoms with van der Waals surface area (Å²) in [6.07, 6.45) is -2.99. The first kappa shape index (κ1) is 14.0. The molecule has 0 radical (unpaired) electrons. The molecule has 0 amide bonds. The Balaban J connectivity index is 2.68. The number of alkyl halides is 3. The number of unbranched alkanes of at least 4 members (excludes halogenated alkanes) is 1. The lowest BCUT2D eigenvalue weighted by molar-refractivity contribution is -0.137. The topological polar surface area (TPSA) is 56.8 Å². The number of methoxy groups -OCH3 is 1. The molecule has 1 aromatic rings. The molecule has 0 aliphatic carbocycles. The maximum atomic E-state index is 12.6. The highest BCUT2D eigenvalue weighted by molar-refractivity contribution is 6.00. The molecule has 1 aromatic carbocycles. The van der Waals surface area contributed by atoms with E-state index in [2.05, 4.69) is 9.89 Å². The van der Waals surface area contributed by atoms with E-state index in [-0.39, 0.29) is 19.8 Å². The smallest absolute Gasteiger partial charge is 0.394 e. The van der Waals surface area contributed by atoms with Crippen LogP contribution in [0.3, 0.4) is 0 Å². The van der Waals surface area contributed by atoms with Crippen LogP contribution < -0.4 is 5.73 Å². The molecule has 0 saturated heterocycles. The molecule has 7 heteroatoms. The molecule has 0 aliphatic heterocycles. The summed E-state index contributed by atoms with van der Waals surface area (Å²) in [4.78, 5) is 5.03. The SMILES string of the molecule is [2H]C([2H])([2H])OCCCCC(=NOCCN)c1ccc(C(F)(F)F)cc1. The number of oxime groups is 1. The van der Waals surface area contributed by atoms with Gasteiger partial charge < -0.3 is 15.3 Å². The van der Waals surface area contributed by atoms with E-state index in [1.807, 2.05) is 0 Å². The fourth-order valence-electron chi connectivity index (χ4n) is 1.74. The van der Waals surface area contributed by atoms with Gasteiger partial charge in [0.15, 0.2) is 0 Å². The molecule has 124 valence electrons. The van der Waals surface area contributed by atoms with Gasteiger partial charge in [-0.1, -0.05) is 17.3 Å². The molecule has 0 aromatic heterocycles. The van der Waals surface area contributed by atoms with Gasteiger partial charge in [0.25, 0.3) is 0 Å². The standard InChI is InChI=1S/C15H21F3N2O2/c1-21-10-3-2-4-14(20-22-11-9-19)12-5-7-13(8-6-12)15(16,17)18/h5-8H,2-4,9-11,19H2,1H3/i1D3. The molecular formula is C15H21F3N2O2. The fourth-order valence-corrected chi connectivity index (χ4v) is 1.74. The van der Waals surface area contributed by atoms with Crippen LogP contribution in [0.1, 0.15) is 34.5 Å². The van der Waals surface area contributed by atoms with Crippen LogP contribution in [0, 0.1) is 0 Å². The third-order valence-corrected chi connectivity index (χ3v) is 2.84. The molecule has 22 heavy (non-hydrogen) atoms. The van der Waals surface area contributed by atoms with E-state index in [0.717, 1.165) is 12.1 Å². The molecule has 4 nitrogen and oxygen atoms in total. The Morgan fingerprint density at radius 1 is 1.23 bits per heavy atom. The quantitative estimate of drug-likeness (QED) is 0.432. The monoisotopic (exact) mass is 321 g/mol. The van der Waals surface area contributed by atoms with E-state index >= 15 is 0 Å². The van der Waals surface area contributed by atoms with Gasteiger partial charge in [-0.2, -0.15) is 13.2 Å². The largest absolute Gasteiger partial charge is 0.416 e. The molecule has 0 atom stereocenters. The lowest BCUT2D eigenvalue weighted by Crippen LogP contribution is -2.09. The minimum Gasteiger partial charge on any atom is -0.394 e. The molecule has 2 N–H and O–H groups in total. The van der Waals surface area contributed by atoms with Gasteiger partial charge in [0.05, 0.1) is 15.4 Å². The number of halogens is 3. The van der Waals surface area contributed by atoms with Gasteiger partial charge >= 0.3 is 6.18 Å². The summed E-state index contributed by atoms with van der Waals surface area (Å²) in [5.41, 5.74) is 5.54. The van der Waals surface area contributed by atoms with E-state index in [9.17, 15) is 13.2 Å². The van der Waals surface area contributed by atoms with Gasteiger partial charge in [-0.15, -0.1) is 0 Å². The Hall–Kier alpha value is -1.60. The van der Waals surface area contributed by atoms with Crippen molar-refractivity contribution in [3.8, 4) is 0 Å². The van der Waals surface area contributed by atoms with Crippen LogP contribution in [0.5, 0.6) is 0 Å². The Bertz CT molecular complexity index is 546. The van der Waals surface area contributed by atoms with Gasteiger partial charge in [-0.25, -0.2) is 0 Å². The summed E-state index contributed by atoms with van der Waals surface area (Å²) in [5.74, 6) is 0. The predicted molar refractivity (Wildman–Crippen MR) is 78.7 cm³/mol. The first-order chi connectivity index (χ1) is 11.6. The summed E-state index contributed by atoms with van der Waals surface area (Å²) in [5, 5.41) is 3.93. The van der Waals surface area contributed by atoms with Crippen molar-refractivity contribution in [2.24, 2.45) is 10.9 Å². The van der Waals surface area contributed by atoms with Crippen LogP contribution in [0.4, 0.5) is 13.2 Å². The number of nitrogens with zero attached hydrogens (tertiary/aromatic N) is 1. The zero-order chi connectivity index (χ0) is 18.9. The average Bonchev–Trinajstić information content (AvgIpc) is 2.51. The lowest BCUT2D eigenvalue weighted by atomic mass is 10.0. The number of rotatable bonds is 9. The molecule has 0 heterocycles. The molecular weight excluding hydrogens is 297 g/mol. The highest BCUT2D eigenvalue weighted by Gasteiger charge is 2.30. The zero-order valence-electron chi connectivity index (χ0n) is 15.0. The van der Waals surface area contributed by atoms with Crippen molar-refractivity contribution in [1.82, 2.24) is 0 Å².